The van der Waals surface area contributed by atoms with Crippen LogP contribution in [0.25, 0.3) is 10.2 Å². The molecule has 3 aromatic rings. The quantitative estimate of drug-likeness (QED) is 0.619. The number of alkyl halides is 3. The number of pyridine rings is 1. The second-order valence-electron chi connectivity index (χ2n) is 8.23. The Kier molecular flexibility index (Phi) is 5.10. The molecule has 0 bridgehead atoms. The summed E-state index contributed by atoms with van der Waals surface area (Å²) in [5.41, 5.74) is 1.22. The Morgan fingerprint density at radius 1 is 1.13 bits per heavy atom. The van der Waals surface area contributed by atoms with Crippen LogP contribution in [0.3, 0.4) is 0 Å². The molecule has 2 saturated heterocycles. The van der Waals surface area contributed by atoms with Gasteiger partial charge in [-0.15, -0.1) is 11.3 Å². The summed E-state index contributed by atoms with van der Waals surface area (Å²) in [7, 11) is 0. The van der Waals surface area contributed by atoms with Crippen LogP contribution in [0.1, 0.15) is 16.9 Å². The minimum atomic E-state index is -4.21. The number of anilines is 1. The van der Waals surface area contributed by atoms with Gasteiger partial charge in [0.15, 0.2) is 0 Å². The molecule has 2 atom stereocenters. The zero-order valence-electron chi connectivity index (χ0n) is 16.3. The molecule has 2 fully saturated rings. The fraction of sp³-hybridized carbons (Fsp3) is 0.476. The number of aromatic nitrogens is 3. The molecule has 30 heavy (non-hydrogen) atoms. The van der Waals surface area contributed by atoms with Gasteiger partial charge in [0, 0.05) is 43.4 Å². The average Bonchev–Trinajstić information content (AvgIpc) is 3.30. The van der Waals surface area contributed by atoms with Crippen LogP contribution in [0.15, 0.2) is 36.9 Å². The SMILES string of the molecule is FC(F)(F)Cc1cc2c(N3C[C@H]4CCN(Cc5cccnc5)C[C@H]4C3)ncnc2s1. The fourth-order valence-corrected chi connectivity index (χ4v) is 5.76. The largest absolute Gasteiger partial charge is 0.393 e. The van der Waals surface area contributed by atoms with Crippen LogP contribution in [0.5, 0.6) is 0 Å². The summed E-state index contributed by atoms with van der Waals surface area (Å²) in [5, 5.41) is 0.743. The first-order chi connectivity index (χ1) is 14.4. The van der Waals surface area contributed by atoms with Crippen LogP contribution in [0, 0.1) is 11.8 Å². The molecule has 0 unspecified atom stereocenters. The van der Waals surface area contributed by atoms with E-state index in [4.69, 9.17) is 0 Å². The highest BCUT2D eigenvalue weighted by atomic mass is 32.1. The number of hydrogen-bond acceptors (Lipinski definition) is 6. The minimum Gasteiger partial charge on any atom is -0.355 e. The summed E-state index contributed by atoms with van der Waals surface area (Å²) < 4.78 is 38.5. The van der Waals surface area contributed by atoms with Gasteiger partial charge in [0.1, 0.15) is 17.0 Å². The molecule has 5 nitrogen and oxygen atoms in total. The highest BCUT2D eigenvalue weighted by Gasteiger charge is 2.38. The van der Waals surface area contributed by atoms with Gasteiger partial charge >= 0.3 is 6.18 Å². The predicted octanol–water partition coefficient (Wildman–Crippen LogP) is 4.15. The minimum absolute atomic E-state index is 0.290. The average molecular weight is 434 g/mol. The molecular weight excluding hydrogens is 411 g/mol. The molecule has 0 N–H and O–H groups in total. The number of rotatable bonds is 4. The van der Waals surface area contributed by atoms with E-state index in [1.807, 2.05) is 12.3 Å². The van der Waals surface area contributed by atoms with Crippen LogP contribution < -0.4 is 4.90 Å². The predicted molar refractivity (Wildman–Crippen MR) is 110 cm³/mol. The standard InChI is InChI=1S/C21H22F3N5S/c22-21(23,24)7-17-6-18-19(26-13-27-20(18)30-17)29-11-15-3-5-28(10-16(15)12-29)9-14-2-1-4-25-8-14/h1-2,4,6,8,13,15-16H,3,5,7,9-12H2/t15-,16+/m1/s1. The van der Waals surface area contributed by atoms with Gasteiger partial charge < -0.3 is 4.90 Å². The zero-order chi connectivity index (χ0) is 20.7. The topological polar surface area (TPSA) is 45.2 Å². The summed E-state index contributed by atoms with van der Waals surface area (Å²) in [6.07, 6.45) is 1.18. The summed E-state index contributed by atoms with van der Waals surface area (Å²) in [5.74, 6) is 1.90. The van der Waals surface area contributed by atoms with Gasteiger partial charge in [-0.1, -0.05) is 6.07 Å². The molecule has 9 heteroatoms. The normalized spacial score (nSPS) is 22.6. The van der Waals surface area contributed by atoms with Crippen molar-refractivity contribution in [3.05, 3.63) is 47.4 Å². The summed E-state index contributed by atoms with van der Waals surface area (Å²) in [6, 6.07) is 5.69. The molecule has 3 aromatic heterocycles. The summed E-state index contributed by atoms with van der Waals surface area (Å²) in [6.45, 7) is 4.76. The number of thiophene rings is 1. The Morgan fingerprint density at radius 2 is 2.00 bits per heavy atom. The number of halogens is 3. The first kappa shape index (κ1) is 19.7. The van der Waals surface area contributed by atoms with Gasteiger partial charge in [0.05, 0.1) is 11.8 Å². The van der Waals surface area contributed by atoms with Gasteiger partial charge in [-0.3, -0.25) is 9.88 Å². The van der Waals surface area contributed by atoms with Crippen molar-refractivity contribution in [3.63, 3.8) is 0 Å². The maximum Gasteiger partial charge on any atom is 0.393 e. The Morgan fingerprint density at radius 3 is 2.80 bits per heavy atom. The van der Waals surface area contributed by atoms with Crippen molar-refractivity contribution in [2.24, 2.45) is 11.8 Å². The van der Waals surface area contributed by atoms with Crippen molar-refractivity contribution < 1.29 is 13.2 Å². The molecule has 2 aliphatic heterocycles. The van der Waals surface area contributed by atoms with E-state index in [2.05, 4.69) is 30.8 Å². The van der Waals surface area contributed by atoms with Crippen molar-refractivity contribution in [3.8, 4) is 0 Å². The van der Waals surface area contributed by atoms with E-state index in [9.17, 15) is 13.2 Å². The number of fused-ring (bicyclic) bond motifs is 2. The van der Waals surface area contributed by atoms with Crippen molar-refractivity contribution in [1.82, 2.24) is 19.9 Å². The third-order valence-electron chi connectivity index (χ3n) is 6.05. The first-order valence-electron chi connectivity index (χ1n) is 10.1. The summed E-state index contributed by atoms with van der Waals surface area (Å²) >= 11 is 1.11. The Bertz CT molecular complexity index is 1020. The molecule has 5 rings (SSSR count). The van der Waals surface area contributed by atoms with Gasteiger partial charge in [-0.2, -0.15) is 13.2 Å². The van der Waals surface area contributed by atoms with Crippen LogP contribution >= 0.6 is 11.3 Å². The maximum absolute atomic E-state index is 12.8. The Labute approximate surface area is 176 Å². The lowest BCUT2D eigenvalue weighted by Gasteiger charge is -2.34. The van der Waals surface area contributed by atoms with Gasteiger partial charge in [-0.05, 0) is 42.5 Å². The van der Waals surface area contributed by atoms with Crippen molar-refractivity contribution in [2.45, 2.75) is 25.6 Å². The van der Waals surface area contributed by atoms with E-state index in [-0.39, 0.29) is 0 Å². The van der Waals surface area contributed by atoms with Gasteiger partial charge in [-0.25, -0.2) is 9.97 Å². The molecule has 158 valence electrons. The van der Waals surface area contributed by atoms with Crippen molar-refractivity contribution >= 4 is 27.4 Å². The van der Waals surface area contributed by atoms with E-state index in [0.29, 0.717) is 21.5 Å². The van der Waals surface area contributed by atoms with Crippen molar-refractivity contribution in [2.75, 3.05) is 31.1 Å². The molecule has 0 aliphatic carbocycles. The lowest BCUT2D eigenvalue weighted by Crippen LogP contribution is -2.39. The molecule has 0 radical (unpaired) electrons. The van der Waals surface area contributed by atoms with E-state index in [1.165, 1.54) is 11.9 Å². The molecule has 0 amide bonds. The van der Waals surface area contributed by atoms with Gasteiger partial charge in [0.2, 0.25) is 0 Å². The number of nitrogens with zero attached hydrogens (tertiary/aromatic N) is 5. The molecule has 5 heterocycles. The molecule has 0 spiro atoms. The second kappa shape index (κ2) is 7.77. The zero-order valence-corrected chi connectivity index (χ0v) is 17.2. The smallest absolute Gasteiger partial charge is 0.355 e. The van der Waals surface area contributed by atoms with Gasteiger partial charge in [0.25, 0.3) is 0 Å². The first-order valence-corrected chi connectivity index (χ1v) is 10.9. The number of likely N-dealkylation sites (tertiary alicyclic amines) is 1. The van der Waals surface area contributed by atoms with E-state index in [1.54, 1.807) is 12.3 Å². The van der Waals surface area contributed by atoms with E-state index < -0.39 is 12.6 Å². The van der Waals surface area contributed by atoms with Crippen LogP contribution in [0.4, 0.5) is 19.0 Å². The molecule has 0 aromatic carbocycles. The number of piperidine rings is 1. The highest BCUT2D eigenvalue weighted by molar-refractivity contribution is 7.18. The highest BCUT2D eigenvalue weighted by Crippen LogP contribution is 2.38. The molecule has 2 aliphatic rings. The Balaban J connectivity index is 1.31. The molecular formula is C21H22F3N5S. The van der Waals surface area contributed by atoms with E-state index >= 15 is 0 Å². The van der Waals surface area contributed by atoms with Crippen molar-refractivity contribution in [1.29, 1.82) is 0 Å². The molecule has 0 saturated carbocycles. The second-order valence-corrected chi connectivity index (χ2v) is 9.35. The van der Waals surface area contributed by atoms with Crippen LogP contribution in [0.2, 0.25) is 0 Å². The number of hydrogen-bond donors (Lipinski definition) is 0. The van der Waals surface area contributed by atoms with Crippen LogP contribution in [-0.4, -0.2) is 52.2 Å². The lowest BCUT2D eigenvalue weighted by atomic mass is 9.88. The lowest BCUT2D eigenvalue weighted by molar-refractivity contribution is -0.126. The Hall–Kier alpha value is -2.26. The van der Waals surface area contributed by atoms with Crippen LogP contribution in [-0.2, 0) is 13.0 Å². The maximum atomic E-state index is 12.8. The van der Waals surface area contributed by atoms with E-state index in [0.717, 1.165) is 61.7 Å². The fourth-order valence-electron chi connectivity index (χ4n) is 4.74. The monoisotopic (exact) mass is 433 g/mol. The third-order valence-corrected chi connectivity index (χ3v) is 7.09. The summed E-state index contributed by atoms with van der Waals surface area (Å²) in [4.78, 5) is 18.5. The third kappa shape index (κ3) is 4.13.